The maximum absolute atomic E-state index is 12.0. The number of hydrogen-bond acceptors (Lipinski definition) is 8. The number of hydrogen-bond donors (Lipinski definition) is 5. The summed E-state index contributed by atoms with van der Waals surface area (Å²) in [6.07, 6.45) is 8.49. The van der Waals surface area contributed by atoms with E-state index >= 15 is 0 Å². The summed E-state index contributed by atoms with van der Waals surface area (Å²) in [5, 5.41) is 48.6. The first-order valence-electron chi connectivity index (χ1n) is 11.6. The molecule has 1 saturated heterocycles. The molecule has 5 N–H and O–H groups in total. The Hall–Kier alpha value is -0.770. The number of aliphatic hydroxyl groups excluding tert-OH is 4. The van der Waals surface area contributed by atoms with Crippen LogP contribution in [0.15, 0.2) is 0 Å². The summed E-state index contributed by atoms with van der Waals surface area (Å²) in [6.45, 7) is 1.51. The number of unbranched alkanes of at least 4 members (excludes halogenated alkanes) is 12. The van der Waals surface area contributed by atoms with Crippen LogP contribution in [0.5, 0.6) is 0 Å². The second kappa shape index (κ2) is 15.1. The van der Waals surface area contributed by atoms with Gasteiger partial charge in [-0.25, -0.2) is 0 Å². The van der Waals surface area contributed by atoms with Crippen LogP contribution in [0.3, 0.4) is 0 Å². The van der Waals surface area contributed by atoms with Gasteiger partial charge in [0.25, 0.3) is 0 Å². The fourth-order valence-electron chi connectivity index (χ4n) is 3.71. The first-order chi connectivity index (χ1) is 14.4. The molecule has 0 aliphatic carbocycles. The number of aliphatic hydroxyl groups is 5. The van der Waals surface area contributed by atoms with Crippen LogP contribution >= 0.6 is 0 Å². The Bertz CT molecular complexity index is 458. The van der Waals surface area contributed by atoms with Gasteiger partial charge in [-0.05, 0) is 6.42 Å². The number of carbonyl (C=O) groups excluding carboxylic acids is 1. The number of esters is 1. The van der Waals surface area contributed by atoms with Crippen molar-refractivity contribution in [3.05, 3.63) is 0 Å². The quantitative estimate of drug-likeness (QED) is 0.142. The predicted octanol–water partition coefficient (Wildman–Crippen LogP) is 2.13. The van der Waals surface area contributed by atoms with Gasteiger partial charge in [-0.3, -0.25) is 4.79 Å². The van der Waals surface area contributed by atoms with Gasteiger partial charge in [-0.15, -0.1) is 0 Å². The first-order valence-corrected chi connectivity index (χ1v) is 11.6. The maximum atomic E-state index is 12.0. The van der Waals surface area contributed by atoms with E-state index in [1.807, 2.05) is 0 Å². The van der Waals surface area contributed by atoms with Crippen molar-refractivity contribution in [1.82, 2.24) is 0 Å². The largest absolute Gasteiger partial charge is 0.406 e. The molecule has 8 nitrogen and oxygen atoms in total. The van der Waals surface area contributed by atoms with Crippen LogP contribution in [0.25, 0.3) is 0 Å². The smallest absolute Gasteiger partial charge is 0.357 e. The van der Waals surface area contributed by atoms with Crippen LogP contribution in [0.2, 0.25) is 0 Å². The first kappa shape index (κ1) is 27.3. The molecule has 0 bridgehead atoms. The average Bonchev–Trinajstić information content (AvgIpc) is 2.72. The van der Waals surface area contributed by atoms with Crippen LogP contribution in [0.4, 0.5) is 0 Å². The van der Waals surface area contributed by atoms with Gasteiger partial charge in [0.05, 0.1) is 6.61 Å². The van der Waals surface area contributed by atoms with E-state index in [0.717, 1.165) is 19.3 Å². The standard InChI is InChI=1S/C22H42O8/c1-2-3-4-5-6-7-8-9-10-11-12-13-14-15-18(24)30-22(28)21(27)20(26)19(25)17(16-23)29-22/h17,19-21,23,25-28H,2-16H2,1H3/t17-,19-,20+,21-,22?/m1/s1. The summed E-state index contributed by atoms with van der Waals surface area (Å²) in [5.41, 5.74) is 0. The number of rotatable bonds is 16. The molecule has 0 spiro atoms. The van der Waals surface area contributed by atoms with Gasteiger partial charge in [0.15, 0.2) is 6.10 Å². The molecule has 1 fully saturated rings. The molecule has 0 aromatic carbocycles. The highest BCUT2D eigenvalue weighted by atomic mass is 16.8. The Labute approximate surface area is 180 Å². The molecular weight excluding hydrogens is 392 g/mol. The summed E-state index contributed by atoms with van der Waals surface area (Å²) in [6, 6.07) is 0. The molecule has 8 heteroatoms. The zero-order valence-corrected chi connectivity index (χ0v) is 18.4. The van der Waals surface area contributed by atoms with E-state index < -0.39 is 43.0 Å². The van der Waals surface area contributed by atoms with Gasteiger partial charge in [0.2, 0.25) is 0 Å². The summed E-state index contributed by atoms with van der Waals surface area (Å²) < 4.78 is 9.72. The summed E-state index contributed by atoms with van der Waals surface area (Å²) in [5.74, 6) is -3.57. The lowest BCUT2D eigenvalue weighted by Gasteiger charge is -2.43. The van der Waals surface area contributed by atoms with Crippen LogP contribution in [0, 0.1) is 0 Å². The molecule has 0 aromatic heterocycles. The van der Waals surface area contributed by atoms with E-state index in [-0.39, 0.29) is 6.42 Å². The van der Waals surface area contributed by atoms with Crippen LogP contribution in [-0.4, -0.2) is 68.5 Å². The Morgan fingerprint density at radius 3 is 1.77 bits per heavy atom. The molecule has 1 rings (SSSR count). The molecular formula is C22H42O8. The highest BCUT2D eigenvalue weighted by Crippen LogP contribution is 2.29. The van der Waals surface area contributed by atoms with E-state index in [1.54, 1.807) is 0 Å². The second-order valence-corrected chi connectivity index (χ2v) is 8.36. The lowest BCUT2D eigenvalue weighted by atomic mass is 9.98. The molecule has 5 atom stereocenters. The third-order valence-electron chi connectivity index (χ3n) is 5.67. The molecule has 1 heterocycles. The van der Waals surface area contributed by atoms with E-state index in [0.29, 0.717) is 6.42 Å². The number of carbonyl (C=O) groups is 1. The third kappa shape index (κ3) is 9.58. The zero-order valence-electron chi connectivity index (χ0n) is 18.4. The summed E-state index contributed by atoms with van der Waals surface area (Å²) >= 11 is 0. The molecule has 0 saturated carbocycles. The normalized spacial score (nSPS) is 29.1. The van der Waals surface area contributed by atoms with Crippen molar-refractivity contribution in [2.45, 2.75) is 127 Å². The van der Waals surface area contributed by atoms with E-state index in [1.165, 1.54) is 57.8 Å². The Balaban J connectivity index is 2.09. The Morgan fingerprint density at radius 1 is 0.833 bits per heavy atom. The van der Waals surface area contributed by atoms with Crippen molar-refractivity contribution in [1.29, 1.82) is 0 Å². The van der Waals surface area contributed by atoms with Gasteiger partial charge < -0.3 is 35.0 Å². The zero-order chi connectivity index (χ0) is 22.4. The second-order valence-electron chi connectivity index (χ2n) is 8.36. The van der Waals surface area contributed by atoms with Gasteiger partial charge in [-0.1, -0.05) is 84.0 Å². The van der Waals surface area contributed by atoms with Crippen molar-refractivity contribution < 1.29 is 39.8 Å². The van der Waals surface area contributed by atoms with E-state index in [2.05, 4.69) is 6.92 Å². The lowest BCUT2D eigenvalue weighted by Crippen LogP contribution is -2.66. The van der Waals surface area contributed by atoms with Gasteiger partial charge >= 0.3 is 11.9 Å². The third-order valence-corrected chi connectivity index (χ3v) is 5.67. The molecule has 0 aromatic rings. The maximum Gasteiger partial charge on any atom is 0.357 e. The van der Waals surface area contributed by atoms with Crippen molar-refractivity contribution in [2.75, 3.05) is 6.61 Å². The summed E-state index contributed by atoms with van der Waals surface area (Å²) in [4.78, 5) is 12.0. The van der Waals surface area contributed by atoms with Crippen molar-refractivity contribution in [3.63, 3.8) is 0 Å². The van der Waals surface area contributed by atoms with Crippen LogP contribution < -0.4 is 0 Å². The van der Waals surface area contributed by atoms with E-state index in [9.17, 15) is 25.2 Å². The predicted molar refractivity (Wildman–Crippen MR) is 111 cm³/mol. The molecule has 1 aliphatic rings. The molecule has 30 heavy (non-hydrogen) atoms. The fraction of sp³-hybridized carbons (Fsp3) is 0.955. The molecule has 178 valence electrons. The molecule has 0 radical (unpaired) electrons. The fourth-order valence-corrected chi connectivity index (χ4v) is 3.71. The average molecular weight is 435 g/mol. The highest BCUT2D eigenvalue weighted by molar-refractivity contribution is 5.69. The van der Waals surface area contributed by atoms with Crippen molar-refractivity contribution in [3.8, 4) is 0 Å². The van der Waals surface area contributed by atoms with Gasteiger partial charge in [0.1, 0.15) is 18.3 Å². The molecule has 0 amide bonds. The molecule has 1 unspecified atom stereocenters. The monoisotopic (exact) mass is 434 g/mol. The van der Waals surface area contributed by atoms with Crippen LogP contribution in [-0.2, 0) is 14.3 Å². The SMILES string of the molecule is CCCCCCCCCCCCCCCC(=O)OC1(O)O[C@H](CO)[C@@H](O)[C@H](O)[C@H]1O. The molecule has 1 aliphatic heterocycles. The van der Waals surface area contributed by atoms with Gasteiger partial charge in [0, 0.05) is 6.42 Å². The number of ether oxygens (including phenoxy) is 2. The lowest BCUT2D eigenvalue weighted by molar-refractivity contribution is -0.434. The van der Waals surface area contributed by atoms with Crippen molar-refractivity contribution >= 4 is 5.97 Å². The Kier molecular flexibility index (Phi) is 13.7. The van der Waals surface area contributed by atoms with E-state index in [4.69, 9.17) is 14.6 Å². The minimum atomic E-state index is -2.79. The highest BCUT2D eigenvalue weighted by Gasteiger charge is 2.55. The minimum Gasteiger partial charge on any atom is -0.406 e. The summed E-state index contributed by atoms with van der Waals surface area (Å²) in [7, 11) is 0. The topological polar surface area (TPSA) is 137 Å². The van der Waals surface area contributed by atoms with Crippen molar-refractivity contribution in [2.24, 2.45) is 0 Å². The Morgan fingerprint density at radius 2 is 1.30 bits per heavy atom. The van der Waals surface area contributed by atoms with Gasteiger partial charge in [-0.2, -0.15) is 0 Å². The van der Waals surface area contributed by atoms with Crippen LogP contribution in [0.1, 0.15) is 96.8 Å². The minimum absolute atomic E-state index is 0.0403.